The molecule has 2 aromatic carbocycles. The summed E-state index contributed by atoms with van der Waals surface area (Å²) < 4.78 is 24.7. The van der Waals surface area contributed by atoms with E-state index in [0.29, 0.717) is 16.8 Å². The van der Waals surface area contributed by atoms with Crippen molar-refractivity contribution in [3.63, 3.8) is 0 Å². The van der Waals surface area contributed by atoms with E-state index in [1.807, 2.05) is 13.0 Å². The first kappa shape index (κ1) is 16.1. The molecule has 0 aliphatic heterocycles. The monoisotopic (exact) mass is 318 g/mol. The maximum absolute atomic E-state index is 12.3. The Morgan fingerprint density at radius 3 is 2.36 bits per heavy atom. The lowest BCUT2D eigenvalue weighted by molar-refractivity contribution is 0.475. The van der Waals surface area contributed by atoms with Gasteiger partial charge in [0.25, 0.3) is 10.0 Å². The van der Waals surface area contributed by atoms with Gasteiger partial charge in [-0.3, -0.25) is 0 Å². The summed E-state index contributed by atoms with van der Waals surface area (Å²) in [6.45, 7) is 7.35. The minimum absolute atomic E-state index is 0.132. The van der Waals surface area contributed by atoms with Gasteiger partial charge in [-0.2, -0.15) is 0 Å². The third-order valence-corrected chi connectivity index (χ3v) is 4.57. The fourth-order valence-corrected chi connectivity index (χ4v) is 3.12. The lowest BCUT2D eigenvalue weighted by Gasteiger charge is -2.13. The molecule has 116 valence electrons. The van der Waals surface area contributed by atoms with Gasteiger partial charge in [0.2, 0.25) is 0 Å². The van der Waals surface area contributed by atoms with Crippen LogP contribution in [0.25, 0.3) is 5.70 Å². The van der Waals surface area contributed by atoms with Gasteiger partial charge in [-0.25, -0.2) is 8.42 Å². The average molecular weight is 318 g/mol. The zero-order valence-corrected chi connectivity index (χ0v) is 13.2. The van der Waals surface area contributed by atoms with Crippen LogP contribution < -0.4 is 10.3 Å². The number of hydrogen-bond acceptors (Lipinski definition) is 4. The van der Waals surface area contributed by atoms with Crippen molar-refractivity contribution in [1.29, 1.82) is 0 Å². The summed E-state index contributed by atoms with van der Waals surface area (Å²) in [5, 5.41) is 9.24. The minimum Gasteiger partial charge on any atom is -0.508 e. The Labute approximate surface area is 130 Å². The van der Waals surface area contributed by atoms with Crippen molar-refractivity contribution in [3.8, 4) is 5.75 Å². The first-order valence-corrected chi connectivity index (χ1v) is 8.11. The lowest BCUT2D eigenvalue weighted by Crippen LogP contribution is -2.36. The highest BCUT2D eigenvalue weighted by Crippen LogP contribution is 2.17. The van der Waals surface area contributed by atoms with Gasteiger partial charge in [0.05, 0.1) is 4.90 Å². The van der Waals surface area contributed by atoms with Gasteiger partial charge < -0.3 is 10.5 Å². The van der Waals surface area contributed by atoms with Crippen LogP contribution in [-0.4, -0.2) is 13.5 Å². The predicted molar refractivity (Wildman–Crippen MR) is 86.5 cm³/mol. The maximum Gasteiger partial charge on any atom is 0.257 e. The lowest BCUT2D eigenvalue weighted by atomic mass is 10.2. The Balaban J connectivity index is 2.14. The summed E-state index contributed by atoms with van der Waals surface area (Å²) in [6, 6.07) is 11.5. The molecule has 0 aliphatic rings. The summed E-state index contributed by atoms with van der Waals surface area (Å²) in [5.41, 5.74) is 5.17. The molecule has 5 nitrogen and oxygen atoms in total. The first-order valence-electron chi connectivity index (χ1n) is 6.63. The number of nitrogens with one attached hydrogen (secondary N) is 2. The summed E-state index contributed by atoms with van der Waals surface area (Å²) in [4.78, 5) is 2.54. The van der Waals surface area contributed by atoms with Crippen LogP contribution in [0, 0.1) is 13.8 Å². The number of sulfonamides is 1. The standard InChI is InChI=1S/C16H18N2O3S/c1-11-4-5-12(2)16(10-11)22(20,21)18-17-13(3)14-6-8-15(19)9-7-14/h4-10,17-19H,3H2,1-2H3. The second-order valence-electron chi connectivity index (χ2n) is 5.02. The van der Waals surface area contributed by atoms with Crippen LogP contribution in [0.2, 0.25) is 0 Å². The van der Waals surface area contributed by atoms with E-state index < -0.39 is 10.0 Å². The molecule has 0 aromatic heterocycles. The van der Waals surface area contributed by atoms with Crippen molar-refractivity contribution in [2.75, 3.05) is 0 Å². The molecule has 0 amide bonds. The number of phenols is 1. The van der Waals surface area contributed by atoms with Crippen molar-refractivity contribution >= 4 is 15.7 Å². The summed E-state index contributed by atoms with van der Waals surface area (Å²) in [7, 11) is -3.70. The van der Waals surface area contributed by atoms with Crippen LogP contribution in [0.5, 0.6) is 5.75 Å². The normalized spacial score (nSPS) is 11.2. The van der Waals surface area contributed by atoms with Gasteiger partial charge in [-0.15, -0.1) is 4.83 Å². The Hall–Kier alpha value is -2.31. The SMILES string of the molecule is C=C(NNS(=O)(=O)c1cc(C)ccc1C)c1ccc(O)cc1. The zero-order valence-electron chi connectivity index (χ0n) is 12.4. The highest BCUT2D eigenvalue weighted by molar-refractivity contribution is 7.89. The number of benzene rings is 2. The van der Waals surface area contributed by atoms with E-state index in [9.17, 15) is 13.5 Å². The van der Waals surface area contributed by atoms with Crippen molar-refractivity contribution in [3.05, 3.63) is 65.7 Å². The Kier molecular flexibility index (Phi) is 4.54. The third kappa shape index (κ3) is 3.66. The van der Waals surface area contributed by atoms with Crippen LogP contribution in [-0.2, 0) is 10.0 Å². The van der Waals surface area contributed by atoms with Crippen LogP contribution in [0.1, 0.15) is 16.7 Å². The molecule has 0 radical (unpaired) electrons. The van der Waals surface area contributed by atoms with E-state index in [4.69, 9.17) is 0 Å². The van der Waals surface area contributed by atoms with Crippen molar-refractivity contribution in [2.45, 2.75) is 18.7 Å². The van der Waals surface area contributed by atoms with Crippen molar-refractivity contribution in [2.24, 2.45) is 0 Å². The first-order chi connectivity index (χ1) is 10.3. The fourth-order valence-electron chi connectivity index (χ4n) is 1.92. The van der Waals surface area contributed by atoms with E-state index in [1.54, 1.807) is 31.2 Å². The van der Waals surface area contributed by atoms with Crippen LogP contribution in [0.3, 0.4) is 0 Å². The van der Waals surface area contributed by atoms with E-state index in [2.05, 4.69) is 16.8 Å². The van der Waals surface area contributed by atoms with Gasteiger partial charge >= 0.3 is 0 Å². The Morgan fingerprint density at radius 1 is 1.09 bits per heavy atom. The molecule has 0 saturated heterocycles. The largest absolute Gasteiger partial charge is 0.508 e. The predicted octanol–water partition coefficient (Wildman–Crippen LogP) is 2.46. The average Bonchev–Trinajstić information content (AvgIpc) is 2.48. The Morgan fingerprint density at radius 2 is 1.73 bits per heavy atom. The highest BCUT2D eigenvalue weighted by Gasteiger charge is 2.17. The highest BCUT2D eigenvalue weighted by atomic mass is 32.2. The number of aromatic hydroxyl groups is 1. The van der Waals surface area contributed by atoms with Crippen molar-refractivity contribution in [1.82, 2.24) is 10.3 Å². The molecular weight excluding hydrogens is 300 g/mol. The molecule has 2 aromatic rings. The van der Waals surface area contributed by atoms with Gasteiger partial charge in [0.15, 0.2) is 0 Å². The molecule has 0 unspecified atom stereocenters. The van der Waals surface area contributed by atoms with E-state index >= 15 is 0 Å². The van der Waals surface area contributed by atoms with E-state index in [1.165, 1.54) is 12.1 Å². The molecule has 6 heteroatoms. The number of rotatable bonds is 5. The van der Waals surface area contributed by atoms with Gasteiger partial charge in [-0.05, 0) is 60.9 Å². The fraction of sp³-hybridized carbons (Fsp3) is 0.125. The number of phenolic OH excluding ortho intramolecular Hbond substituents is 1. The summed E-state index contributed by atoms with van der Waals surface area (Å²) in [6.07, 6.45) is 0. The number of aryl methyl sites for hydroxylation is 2. The van der Waals surface area contributed by atoms with E-state index in [0.717, 1.165) is 5.56 Å². The van der Waals surface area contributed by atoms with Gasteiger partial charge in [0.1, 0.15) is 5.75 Å². The molecule has 0 fully saturated rings. The molecule has 22 heavy (non-hydrogen) atoms. The second kappa shape index (κ2) is 6.21. The molecular formula is C16H18N2O3S. The Bertz CT molecular complexity index is 797. The second-order valence-corrected chi connectivity index (χ2v) is 6.68. The topological polar surface area (TPSA) is 78.4 Å². The van der Waals surface area contributed by atoms with Gasteiger partial charge in [-0.1, -0.05) is 18.7 Å². The smallest absolute Gasteiger partial charge is 0.257 e. The number of hydrogen-bond donors (Lipinski definition) is 3. The molecule has 0 saturated carbocycles. The third-order valence-electron chi connectivity index (χ3n) is 3.19. The van der Waals surface area contributed by atoms with Crippen molar-refractivity contribution < 1.29 is 13.5 Å². The maximum atomic E-state index is 12.3. The molecule has 0 heterocycles. The summed E-state index contributed by atoms with van der Waals surface area (Å²) in [5.74, 6) is 0.132. The van der Waals surface area contributed by atoms with Crippen LogP contribution >= 0.6 is 0 Å². The quantitative estimate of drug-likeness (QED) is 0.740. The zero-order chi connectivity index (χ0) is 16.3. The minimum atomic E-state index is -3.70. The summed E-state index contributed by atoms with van der Waals surface area (Å²) >= 11 is 0. The van der Waals surface area contributed by atoms with E-state index in [-0.39, 0.29) is 10.6 Å². The number of hydrazine groups is 1. The molecule has 0 aliphatic carbocycles. The van der Waals surface area contributed by atoms with Crippen LogP contribution in [0.4, 0.5) is 0 Å². The molecule has 2 rings (SSSR count). The molecule has 3 N–H and O–H groups in total. The van der Waals surface area contributed by atoms with Gasteiger partial charge in [0, 0.05) is 5.70 Å². The molecule has 0 atom stereocenters. The molecule has 0 bridgehead atoms. The van der Waals surface area contributed by atoms with Crippen LogP contribution in [0.15, 0.2) is 53.9 Å². The molecule has 0 spiro atoms.